The average molecular weight is 682 g/mol. The van der Waals surface area contributed by atoms with Crippen LogP contribution >= 0.6 is 0 Å². The maximum atomic E-state index is 10.4. The number of allylic oxidation sites excluding steroid dienone is 18. The third-order valence-electron chi connectivity index (χ3n) is 8.24. The molecule has 2 aliphatic rings. The first-order valence-corrected chi connectivity index (χ1v) is 15.7. The van der Waals surface area contributed by atoms with Crippen LogP contribution in [0.15, 0.2) is 117 Å². The quantitative estimate of drug-likeness (QED) is 0.134. The topological polar surface area (TPSA) is 112 Å². The first-order chi connectivity index (χ1) is 20.4. The molecule has 0 amide bonds. The summed E-state index contributed by atoms with van der Waals surface area (Å²) in [5, 5.41) is 20.8. The first kappa shape index (κ1) is 45.0. The molecule has 46 heavy (non-hydrogen) atoms. The fourth-order valence-corrected chi connectivity index (χ4v) is 5.73. The smallest absolute Gasteiger partial charge is 0.545 e. The molecule has 0 bridgehead atoms. The second-order valence-electron chi connectivity index (χ2n) is 13.5. The van der Waals surface area contributed by atoms with E-state index >= 15 is 0 Å². The van der Waals surface area contributed by atoms with Crippen LogP contribution in [-0.2, 0) is 29.1 Å². The van der Waals surface area contributed by atoms with Crippen LogP contribution in [0.2, 0.25) is 0 Å². The van der Waals surface area contributed by atoms with Crippen molar-refractivity contribution in [2.45, 2.75) is 108 Å². The number of carbonyl (C=O) groups excluding carboxylic acids is 2. The van der Waals surface area contributed by atoms with Gasteiger partial charge in [0.1, 0.15) is 0 Å². The third-order valence-corrected chi connectivity index (χ3v) is 8.24. The van der Waals surface area contributed by atoms with E-state index in [9.17, 15) is 19.8 Å². The molecule has 2 rings (SSSR count). The summed E-state index contributed by atoms with van der Waals surface area (Å²) >= 11 is 0. The van der Waals surface area contributed by atoms with Gasteiger partial charge in [-0.25, -0.2) is 0 Å². The van der Waals surface area contributed by atoms with E-state index in [1.165, 1.54) is 60.8 Å². The van der Waals surface area contributed by atoms with Crippen LogP contribution in [0.1, 0.15) is 108 Å². The molecule has 0 saturated heterocycles. The fraction of sp³-hybridized carbons (Fsp3) is 0.450. The van der Waals surface area contributed by atoms with E-state index in [-0.39, 0.29) is 35.8 Å². The van der Waals surface area contributed by atoms with E-state index in [1.54, 1.807) is 26.0 Å². The number of aliphatic carboxylic acids is 2. The standard InChI is InChI=1S/2C20H28O2.H2O.Zn/c2*1-15(8-6-9-16(2)14-19(21)22)11-12-18-17(3)10-7-13-20(18,4)5;;/h2*6,8-9,11-12,14H,7,10,13H2,1-5H3,(H,21,22);1H2;/q;;;+2/p-2. The van der Waals surface area contributed by atoms with Crippen molar-refractivity contribution in [3.05, 3.63) is 117 Å². The van der Waals surface area contributed by atoms with Gasteiger partial charge < -0.3 is 25.3 Å². The van der Waals surface area contributed by atoms with Crippen LogP contribution in [0.4, 0.5) is 0 Å². The Bertz CT molecular complexity index is 1250. The molecule has 5 nitrogen and oxygen atoms in total. The van der Waals surface area contributed by atoms with Crippen LogP contribution in [0.5, 0.6) is 0 Å². The third kappa shape index (κ3) is 17.6. The van der Waals surface area contributed by atoms with Gasteiger partial charge >= 0.3 is 19.5 Å². The van der Waals surface area contributed by atoms with Gasteiger partial charge in [0.2, 0.25) is 0 Å². The second-order valence-corrected chi connectivity index (χ2v) is 13.5. The van der Waals surface area contributed by atoms with Gasteiger partial charge in [-0.05, 0) is 125 Å². The minimum atomic E-state index is -1.16. The molecule has 0 aliphatic heterocycles. The summed E-state index contributed by atoms with van der Waals surface area (Å²) in [6, 6.07) is 0. The van der Waals surface area contributed by atoms with Crippen LogP contribution in [0, 0.1) is 10.8 Å². The predicted octanol–water partition coefficient (Wildman–Crippen LogP) is 7.71. The Labute approximate surface area is 291 Å². The van der Waals surface area contributed by atoms with Crippen molar-refractivity contribution >= 4 is 11.9 Å². The van der Waals surface area contributed by atoms with Gasteiger partial charge in [0, 0.05) is 0 Å². The normalized spacial score (nSPS) is 19.3. The number of carbonyl (C=O) groups is 2. The van der Waals surface area contributed by atoms with Crippen molar-refractivity contribution in [2.24, 2.45) is 10.8 Å². The summed E-state index contributed by atoms with van der Waals surface area (Å²) in [6.07, 6.45) is 29.5. The van der Waals surface area contributed by atoms with Crippen LogP contribution in [0.3, 0.4) is 0 Å². The zero-order chi connectivity index (χ0) is 33.5. The molecule has 0 aromatic rings. The summed E-state index contributed by atoms with van der Waals surface area (Å²) in [6.45, 7) is 21.3. The van der Waals surface area contributed by atoms with Gasteiger partial charge in [-0.3, -0.25) is 0 Å². The molecule has 0 aromatic carbocycles. The molecule has 0 saturated carbocycles. The zero-order valence-electron chi connectivity index (χ0n) is 30.0. The van der Waals surface area contributed by atoms with Crippen LogP contribution in [-0.4, -0.2) is 17.4 Å². The molecule has 2 N–H and O–H groups in total. The van der Waals surface area contributed by atoms with Gasteiger partial charge in [0.05, 0.1) is 11.9 Å². The summed E-state index contributed by atoms with van der Waals surface area (Å²) in [5.74, 6) is -2.32. The van der Waals surface area contributed by atoms with E-state index in [0.29, 0.717) is 11.1 Å². The molecular formula is C40H56O5Zn. The number of hydrogen-bond acceptors (Lipinski definition) is 4. The molecule has 0 atom stereocenters. The molecular weight excluding hydrogens is 626 g/mol. The Morgan fingerprint density at radius 3 is 1.22 bits per heavy atom. The molecule has 6 heteroatoms. The minimum Gasteiger partial charge on any atom is -0.545 e. The molecule has 248 valence electrons. The molecule has 0 unspecified atom stereocenters. The van der Waals surface area contributed by atoms with Crippen molar-refractivity contribution in [1.29, 1.82) is 0 Å². The van der Waals surface area contributed by atoms with Crippen molar-refractivity contribution in [3.8, 4) is 0 Å². The Morgan fingerprint density at radius 1 is 0.609 bits per heavy atom. The summed E-state index contributed by atoms with van der Waals surface area (Å²) in [5.41, 5.74) is 9.99. The first-order valence-electron chi connectivity index (χ1n) is 15.7. The van der Waals surface area contributed by atoms with Crippen molar-refractivity contribution in [3.63, 3.8) is 0 Å². The zero-order valence-corrected chi connectivity index (χ0v) is 33.0. The number of carboxylic acids is 2. The summed E-state index contributed by atoms with van der Waals surface area (Å²) in [4.78, 5) is 20.8. The van der Waals surface area contributed by atoms with Crippen LogP contribution in [0.25, 0.3) is 0 Å². The van der Waals surface area contributed by atoms with Gasteiger partial charge in [0.15, 0.2) is 0 Å². The maximum absolute atomic E-state index is 10.4. The van der Waals surface area contributed by atoms with Crippen molar-refractivity contribution in [1.82, 2.24) is 0 Å². The monoisotopic (exact) mass is 680 g/mol. The molecule has 2 aliphatic carbocycles. The molecule has 0 radical (unpaired) electrons. The van der Waals surface area contributed by atoms with E-state index in [4.69, 9.17) is 0 Å². The second kappa shape index (κ2) is 21.7. The Morgan fingerprint density at radius 2 is 0.935 bits per heavy atom. The average Bonchev–Trinajstić information content (AvgIpc) is 2.87. The van der Waals surface area contributed by atoms with Gasteiger partial charge in [0.25, 0.3) is 0 Å². The molecule has 0 aromatic heterocycles. The van der Waals surface area contributed by atoms with Crippen molar-refractivity contribution in [2.75, 3.05) is 0 Å². The minimum absolute atomic E-state index is 0. The molecule has 0 spiro atoms. The van der Waals surface area contributed by atoms with Crippen molar-refractivity contribution < 1.29 is 44.8 Å². The van der Waals surface area contributed by atoms with E-state index < -0.39 is 11.9 Å². The van der Waals surface area contributed by atoms with E-state index in [2.05, 4.69) is 65.8 Å². The summed E-state index contributed by atoms with van der Waals surface area (Å²) < 4.78 is 0. The molecule has 0 heterocycles. The number of hydrogen-bond donors (Lipinski definition) is 0. The largest absolute Gasteiger partial charge is 2.00 e. The Balaban J connectivity index is 0. The van der Waals surface area contributed by atoms with Gasteiger partial charge in [-0.2, -0.15) is 0 Å². The predicted molar refractivity (Wildman–Crippen MR) is 186 cm³/mol. The number of rotatable bonds is 10. The Kier molecular flexibility index (Phi) is 21.2. The Hall–Kier alpha value is -3.08. The van der Waals surface area contributed by atoms with Gasteiger partial charge in [-0.1, -0.05) is 111 Å². The van der Waals surface area contributed by atoms with E-state index in [0.717, 1.165) is 23.3 Å². The van der Waals surface area contributed by atoms with E-state index in [1.807, 2.05) is 38.2 Å². The van der Waals surface area contributed by atoms with Crippen LogP contribution < -0.4 is 10.2 Å². The molecule has 0 fully saturated rings. The number of carboxylic acid groups (broad SMARTS) is 2. The summed E-state index contributed by atoms with van der Waals surface area (Å²) in [7, 11) is 0. The fourth-order valence-electron chi connectivity index (χ4n) is 5.73. The maximum Gasteiger partial charge on any atom is 2.00 e. The SMILES string of the molecule is CC(C=CC1=C(C)CCCC1(C)C)=CC=CC(C)=CC(=O)[O-].CC(C=CC1=C(C)CCCC1(C)C)=CC=CC(C)=CC(=O)[O-].O.[Zn+2]. The van der Waals surface area contributed by atoms with Gasteiger partial charge in [-0.15, -0.1) is 0 Å².